The maximum absolute atomic E-state index is 5.31. The summed E-state index contributed by atoms with van der Waals surface area (Å²) in [7, 11) is 0. The van der Waals surface area contributed by atoms with Gasteiger partial charge in [-0.25, -0.2) is 0 Å². The van der Waals surface area contributed by atoms with Gasteiger partial charge < -0.3 is 5.73 Å². The summed E-state index contributed by atoms with van der Waals surface area (Å²) in [5.41, 5.74) is 5.31. The molecule has 60 valence electrons. The van der Waals surface area contributed by atoms with Crippen LogP contribution < -0.4 is 5.73 Å². The summed E-state index contributed by atoms with van der Waals surface area (Å²) in [6.07, 6.45) is 12.5. The van der Waals surface area contributed by atoms with Crippen molar-refractivity contribution in [3.8, 4) is 0 Å². The molecular formula is C10H15N. The van der Waals surface area contributed by atoms with Gasteiger partial charge in [0.25, 0.3) is 0 Å². The molecule has 0 radical (unpaired) electrons. The molecule has 0 heterocycles. The zero-order chi connectivity index (χ0) is 7.68. The number of rotatable bonds is 2. The Morgan fingerprint density at radius 1 is 1.36 bits per heavy atom. The molecule has 0 aliphatic heterocycles. The van der Waals surface area contributed by atoms with Gasteiger partial charge in [-0.05, 0) is 43.2 Å². The second kappa shape index (κ2) is 2.72. The zero-order valence-electron chi connectivity index (χ0n) is 6.74. The van der Waals surface area contributed by atoms with Gasteiger partial charge in [-0.3, -0.25) is 0 Å². The van der Waals surface area contributed by atoms with E-state index in [-0.39, 0.29) is 0 Å². The molecule has 2 aliphatic carbocycles. The van der Waals surface area contributed by atoms with Crippen LogP contribution in [0.3, 0.4) is 0 Å². The normalized spacial score (nSPS) is 40.9. The van der Waals surface area contributed by atoms with E-state index in [0.29, 0.717) is 0 Å². The fourth-order valence-electron chi connectivity index (χ4n) is 2.42. The van der Waals surface area contributed by atoms with Crippen molar-refractivity contribution < 1.29 is 0 Å². The van der Waals surface area contributed by atoms with Crippen LogP contribution in [-0.4, -0.2) is 0 Å². The second-order valence-electron chi connectivity index (χ2n) is 3.70. The Hall–Kier alpha value is -0.720. The van der Waals surface area contributed by atoms with Gasteiger partial charge in [0.05, 0.1) is 0 Å². The molecule has 2 rings (SSSR count). The van der Waals surface area contributed by atoms with Crippen molar-refractivity contribution in [2.45, 2.75) is 19.3 Å². The van der Waals surface area contributed by atoms with Gasteiger partial charge in [0.15, 0.2) is 0 Å². The molecule has 1 heteroatoms. The highest BCUT2D eigenvalue weighted by Gasteiger charge is 2.34. The van der Waals surface area contributed by atoms with Crippen LogP contribution in [0, 0.1) is 17.8 Å². The van der Waals surface area contributed by atoms with Crippen molar-refractivity contribution >= 4 is 0 Å². The highest BCUT2D eigenvalue weighted by molar-refractivity contribution is 5.10. The molecule has 1 fully saturated rings. The Bertz CT molecular complexity index is 193. The van der Waals surface area contributed by atoms with Crippen molar-refractivity contribution in [1.29, 1.82) is 0 Å². The third kappa shape index (κ3) is 1.20. The summed E-state index contributed by atoms with van der Waals surface area (Å²) in [6.45, 7) is 0. The standard InChI is InChI=1S/C10H15N/c11-5-1-2-9-6-8-3-4-10(9)7-8/h1,3-5,8-10H,2,6-7,11H2. The minimum Gasteiger partial charge on any atom is -0.405 e. The summed E-state index contributed by atoms with van der Waals surface area (Å²) in [5.74, 6) is 2.66. The molecule has 1 saturated carbocycles. The van der Waals surface area contributed by atoms with Crippen molar-refractivity contribution in [2.24, 2.45) is 23.5 Å². The summed E-state index contributed by atoms with van der Waals surface area (Å²) in [4.78, 5) is 0. The second-order valence-corrected chi connectivity index (χ2v) is 3.70. The van der Waals surface area contributed by atoms with Crippen LogP contribution in [-0.2, 0) is 0 Å². The van der Waals surface area contributed by atoms with Crippen LogP contribution in [0.4, 0.5) is 0 Å². The number of hydrogen-bond donors (Lipinski definition) is 1. The molecule has 0 aromatic heterocycles. The topological polar surface area (TPSA) is 26.0 Å². The summed E-state index contributed by atoms with van der Waals surface area (Å²) in [6, 6.07) is 0. The van der Waals surface area contributed by atoms with E-state index >= 15 is 0 Å². The molecule has 2 aliphatic rings. The van der Waals surface area contributed by atoms with Gasteiger partial charge in [-0.15, -0.1) is 0 Å². The van der Waals surface area contributed by atoms with E-state index in [1.807, 2.05) is 0 Å². The fraction of sp³-hybridized carbons (Fsp3) is 0.600. The lowest BCUT2D eigenvalue weighted by atomic mass is 9.91. The summed E-state index contributed by atoms with van der Waals surface area (Å²) >= 11 is 0. The Kier molecular flexibility index (Phi) is 1.72. The third-order valence-electron chi connectivity index (χ3n) is 2.99. The van der Waals surface area contributed by atoms with Crippen molar-refractivity contribution in [3.05, 3.63) is 24.4 Å². The molecule has 2 N–H and O–H groups in total. The summed E-state index contributed by atoms with van der Waals surface area (Å²) in [5, 5.41) is 0. The fourth-order valence-corrected chi connectivity index (χ4v) is 2.42. The SMILES string of the molecule is NC=CCC1CC2C=CC1C2. The van der Waals surface area contributed by atoms with Crippen LogP contribution >= 0.6 is 0 Å². The van der Waals surface area contributed by atoms with Crippen molar-refractivity contribution in [2.75, 3.05) is 0 Å². The largest absolute Gasteiger partial charge is 0.405 e. The Morgan fingerprint density at radius 3 is 2.82 bits per heavy atom. The van der Waals surface area contributed by atoms with E-state index in [4.69, 9.17) is 5.73 Å². The van der Waals surface area contributed by atoms with E-state index < -0.39 is 0 Å². The van der Waals surface area contributed by atoms with E-state index in [1.165, 1.54) is 19.3 Å². The smallest absolute Gasteiger partial charge is 0.0103 e. The van der Waals surface area contributed by atoms with Gasteiger partial charge in [0.2, 0.25) is 0 Å². The minimum atomic E-state index is 0.871. The molecule has 0 aromatic carbocycles. The molecule has 2 bridgehead atoms. The van der Waals surface area contributed by atoms with Gasteiger partial charge in [0.1, 0.15) is 0 Å². The predicted molar refractivity (Wildman–Crippen MR) is 46.8 cm³/mol. The number of fused-ring (bicyclic) bond motifs is 2. The average molecular weight is 149 g/mol. The van der Waals surface area contributed by atoms with Crippen molar-refractivity contribution in [3.63, 3.8) is 0 Å². The lowest BCUT2D eigenvalue weighted by molar-refractivity contribution is 0.453. The molecular weight excluding hydrogens is 134 g/mol. The first-order valence-corrected chi connectivity index (χ1v) is 4.45. The van der Waals surface area contributed by atoms with E-state index in [9.17, 15) is 0 Å². The average Bonchev–Trinajstić information content (AvgIpc) is 2.60. The number of allylic oxidation sites excluding steroid dienone is 3. The Balaban J connectivity index is 1.93. The first kappa shape index (κ1) is 6.96. The van der Waals surface area contributed by atoms with Gasteiger partial charge in [-0.2, -0.15) is 0 Å². The number of hydrogen-bond acceptors (Lipinski definition) is 1. The van der Waals surface area contributed by atoms with Crippen molar-refractivity contribution in [1.82, 2.24) is 0 Å². The molecule has 0 saturated heterocycles. The Morgan fingerprint density at radius 2 is 2.27 bits per heavy atom. The lowest BCUT2D eigenvalue weighted by Crippen LogP contribution is -2.05. The van der Waals surface area contributed by atoms with E-state index in [2.05, 4.69) is 18.2 Å². The first-order chi connectivity index (χ1) is 5.40. The van der Waals surface area contributed by atoms with Crippen LogP contribution in [0.25, 0.3) is 0 Å². The van der Waals surface area contributed by atoms with Crippen LogP contribution in [0.1, 0.15) is 19.3 Å². The molecule has 0 amide bonds. The van der Waals surface area contributed by atoms with Gasteiger partial charge >= 0.3 is 0 Å². The molecule has 0 aromatic rings. The quantitative estimate of drug-likeness (QED) is 0.597. The van der Waals surface area contributed by atoms with Gasteiger partial charge in [0, 0.05) is 0 Å². The van der Waals surface area contributed by atoms with Crippen LogP contribution in [0.15, 0.2) is 24.4 Å². The van der Waals surface area contributed by atoms with E-state index in [1.54, 1.807) is 6.20 Å². The molecule has 11 heavy (non-hydrogen) atoms. The molecule has 1 nitrogen and oxygen atoms in total. The van der Waals surface area contributed by atoms with Crippen LogP contribution in [0.5, 0.6) is 0 Å². The highest BCUT2D eigenvalue weighted by atomic mass is 14.5. The highest BCUT2D eigenvalue weighted by Crippen LogP contribution is 2.44. The lowest BCUT2D eigenvalue weighted by Gasteiger charge is -2.14. The summed E-state index contributed by atoms with van der Waals surface area (Å²) < 4.78 is 0. The first-order valence-electron chi connectivity index (χ1n) is 4.45. The monoisotopic (exact) mass is 149 g/mol. The molecule has 3 atom stereocenters. The zero-order valence-corrected chi connectivity index (χ0v) is 6.74. The Labute approximate surface area is 68.0 Å². The molecule has 0 spiro atoms. The van der Waals surface area contributed by atoms with Crippen LogP contribution in [0.2, 0.25) is 0 Å². The predicted octanol–water partition coefficient (Wildman–Crippen LogP) is 2.06. The number of nitrogens with two attached hydrogens (primary N) is 1. The molecule has 3 unspecified atom stereocenters. The maximum Gasteiger partial charge on any atom is -0.0103 e. The minimum absolute atomic E-state index is 0.871. The third-order valence-corrected chi connectivity index (χ3v) is 2.99. The van der Waals surface area contributed by atoms with E-state index in [0.717, 1.165) is 17.8 Å². The maximum atomic E-state index is 5.31. The van der Waals surface area contributed by atoms with Gasteiger partial charge in [-0.1, -0.05) is 18.2 Å².